The molecule has 0 nitrogen and oxygen atoms in total. The number of rotatable bonds is 0. The molecule has 0 saturated heterocycles. The van der Waals surface area contributed by atoms with Crippen molar-refractivity contribution in [2.24, 2.45) is 0 Å². The van der Waals surface area contributed by atoms with Crippen molar-refractivity contribution in [1.29, 1.82) is 0 Å². The third-order valence-corrected chi connectivity index (χ3v) is 0. The molecule has 0 N–H and O–H groups in total. The molecule has 0 aliphatic heterocycles. The van der Waals surface area contributed by atoms with E-state index >= 15 is 0 Å². The fourth-order valence-electron chi connectivity index (χ4n) is 0. The predicted molar refractivity (Wildman–Crippen MR) is 10.4 cm³/mol. The van der Waals surface area contributed by atoms with Crippen molar-refractivity contribution >= 4 is 13.5 Å². The first-order valence-corrected chi connectivity index (χ1v) is 0. The van der Waals surface area contributed by atoms with E-state index in [4.69, 9.17) is 0 Å². The van der Waals surface area contributed by atoms with E-state index in [1.807, 2.05) is 0 Å². The van der Waals surface area contributed by atoms with E-state index in [1.165, 1.54) is 0 Å². The molecule has 0 amide bonds. The van der Waals surface area contributed by atoms with Gasteiger partial charge in [0.2, 0.25) is 0 Å². The zero-order valence-electron chi connectivity index (χ0n) is 1.80. The minimum atomic E-state index is 0. The largest absolute Gasteiger partial charge is 0.197 e. The van der Waals surface area contributed by atoms with E-state index in [2.05, 4.69) is 0 Å². The molecule has 0 rings (SSSR count). The third-order valence-electron chi connectivity index (χ3n) is 0. The molecule has 0 aliphatic rings. The molecule has 0 aliphatic carbocycles. The van der Waals surface area contributed by atoms with Crippen LogP contribution in [0.1, 0.15) is 0 Å². The van der Waals surface area contributed by atoms with Crippen LogP contribution in [0, 0.1) is 0 Å². The zero-order chi connectivity index (χ0) is 0. The Morgan fingerprint density at radius 3 is 1.00 bits per heavy atom. The summed E-state index contributed by atoms with van der Waals surface area (Å²) >= 11 is 0. The second-order valence-electron chi connectivity index (χ2n) is 0. The summed E-state index contributed by atoms with van der Waals surface area (Å²) < 4.78 is 0. The summed E-state index contributed by atoms with van der Waals surface area (Å²) in [6, 6.07) is 0. The summed E-state index contributed by atoms with van der Waals surface area (Å²) in [5.74, 6) is 0. The van der Waals surface area contributed by atoms with Crippen LogP contribution in [-0.4, -0.2) is 0 Å². The maximum atomic E-state index is 0. The summed E-state index contributed by atoms with van der Waals surface area (Å²) in [7, 11) is 0. The molecule has 0 heterocycles. The monoisotopic (exact) mass is 270 g/mol. The molecular weight excluding hydrogens is 269 g/mol. The second kappa shape index (κ2) is 32.5. The molecule has 0 spiro atoms. The molecule has 5 heteroatoms. The van der Waals surface area contributed by atoms with Gasteiger partial charge in [0.05, 0.1) is 0 Å². The summed E-state index contributed by atoms with van der Waals surface area (Å²) in [6.45, 7) is 0. The minimum Gasteiger partial charge on any atom is -0.197 e. The van der Waals surface area contributed by atoms with Crippen LogP contribution in [0.15, 0.2) is 0 Å². The molecule has 0 atom stereocenters. The van der Waals surface area contributed by atoms with Crippen molar-refractivity contribution in [2.45, 2.75) is 0 Å². The van der Waals surface area contributed by atoms with Gasteiger partial charge in [-0.15, -0.1) is 0 Å². The summed E-state index contributed by atoms with van der Waals surface area (Å²) in [6.07, 6.45) is 0. The van der Waals surface area contributed by atoms with Crippen LogP contribution >= 0.6 is 13.5 Å². The Kier molecular flexibility index (Phi) is 344. The third kappa shape index (κ3) is 21.6. The van der Waals surface area contributed by atoms with Gasteiger partial charge >= 0.3 is 0 Å². The fraction of sp³-hybridized carbons (Fsp3) is 0. The number of hydrogen-bond acceptors (Lipinski definition) is 0. The zero-order valence-corrected chi connectivity index (χ0v) is 6.88. The quantitative estimate of drug-likeness (QED) is 0.548. The summed E-state index contributed by atoms with van der Waals surface area (Å²) in [4.78, 5) is 0. The molecule has 0 aromatic carbocycles. The topological polar surface area (TPSA) is 0 Å². The minimum absolute atomic E-state index is 0. The normalized spacial score (nSPS) is 0. The molecule has 5 heavy (non-hydrogen) atoms. The van der Waals surface area contributed by atoms with Crippen LogP contribution in [0.2, 0.25) is 0 Å². The Labute approximate surface area is 80.1 Å². The van der Waals surface area contributed by atoms with Gasteiger partial charge in [0.1, 0.15) is 0 Å². The van der Waals surface area contributed by atoms with Crippen LogP contribution in [-0.2, 0) is 67.4 Å². The Bertz CT molecular complexity index is 11.6. The van der Waals surface area contributed by atoms with Gasteiger partial charge in [-0.1, -0.05) is 0 Å². The van der Waals surface area contributed by atoms with Crippen molar-refractivity contribution in [1.82, 2.24) is 0 Å². The van der Waals surface area contributed by atoms with Gasteiger partial charge in [-0.3, -0.25) is 0 Å². The van der Waals surface area contributed by atoms with Crippen molar-refractivity contribution in [2.75, 3.05) is 0 Å². The Morgan fingerprint density at radius 1 is 1.00 bits per heavy atom. The molecule has 0 aromatic heterocycles. The van der Waals surface area contributed by atoms with Gasteiger partial charge < -0.3 is 0 Å². The Hall–Kier alpha value is 2.39. The van der Waals surface area contributed by atoms with Crippen molar-refractivity contribution < 1.29 is 67.4 Å². The van der Waals surface area contributed by atoms with Crippen LogP contribution in [0.4, 0.5) is 0 Å². The summed E-state index contributed by atoms with van der Waals surface area (Å²) in [5, 5.41) is 0. The first-order chi connectivity index (χ1) is 0. The summed E-state index contributed by atoms with van der Waals surface area (Å²) in [5.41, 5.74) is 0. The van der Waals surface area contributed by atoms with Gasteiger partial charge in [0, 0.05) is 67.4 Å². The molecule has 0 saturated carbocycles. The molecular formula is H2CoCuFeNiS. The van der Waals surface area contributed by atoms with Gasteiger partial charge in [-0.05, 0) is 0 Å². The van der Waals surface area contributed by atoms with Gasteiger partial charge in [-0.2, -0.15) is 13.5 Å². The van der Waals surface area contributed by atoms with Gasteiger partial charge in [0.15, 0.2) is 0 Å². The molecule has 46 valence electrons. The average molecular weight is 271 g/mol. The average Bonchev–Trinajstić information content (AvgIpc) is 0. The van der Waals surface area contributed by atoms with Crippen molar-refractivity contribution in [3.05, 3.63) is 0 Å². The second-order valence-corrected chi connectivity index (χ2v) is 0. The molecule has 0 unspecified atom stereocenters. The molecule has 0 bridgehead atoms. The van der Waals surface area contributed by atoms with Crippen LogP contribution in [0.3, 0.4) is 0 Å². The maximum Gasteiger partial charge on any atom is 0 e. The van der Waals surface area contributed by atoms with Crippen molar-refractivity contribution in [3.8, 4) is 0 Å². The van der Waals surface area contributed by atoms with E-state index < -0.39 is 0 Å². The molecule has 2 radical (unpaired) electrons. The molecule has 0 fully saturated rings. The Balaban J connectivity index is 0. The van der Waals surface area contributed by atoms with Gasteiger partial charge in [0.25, 0.3) is 0 Å². The molecule has 0 aromatic rings. The van der Waals surface area contributed by atoms with E-state index in [0.717, 1.165) is 0 Å². The van der Waals surface area contributed by atoms with Crippen molar-refractivity contribution in [3.63, 3.8) is 0 Å². The van der Waals surface area contributed by atoms with Crippen LogP contribution in [0.5, 0.6) is 0 Å². The SMILES string of the molecule is S.[Co].[Cu].[Fe].[Ni]. The first kappa shape index (κ1) is 52.8. The number of hydrogen-bond donors (Lipinski definition) is 0. The standard InChI is InChI=1S/Co.Cu.Fe.Ni.H2S/h;;;;1H2. The van der Waals surface area contributed by atoms with Crippen LogP contribution in [0.25, 0.3) is 0 Å². The first-order valence-electron chi connectivity index (χ1n) is 0. The van der Waals surface area contributed by atoms with E-state index in [1.54, 1.807) is 0 Å². The van der Waals surface area contributed by atoms with E-state index in [-0.39, 0.29) is 80.9 Å². The smallest absolute Gasteiger partial charge is 0 e. The Morgan fingerprint density at radius 2 is 1.00 bits per heavy atom. The van der Waals surface area contributed by atoms with E-state index in [0.29, 0.717) is 0 Å². The maximum absolute atomic E-state index is 0. The predicted octanol–water partition coefficient (Wildman–Crippen LogP) is 0.103. The van der Waals surface area contributed by atoms with Gasteiger partial charge in [-0.25, -0.2) is 0 Å². The van der Waals surface area contributed by atoms with E-state index in [9.17, 15) is 0 Å². The fourth-order valence-corrected chi connectivity index (χ4v) is 0. The van der Waals surface area contributed by atoms with Crippen LogP contribution < -0.4 is 0 Å².